The van der Waals surface area contributed by atoms with Crippen molar-refractivity contribution in [3.8, 4) is 11.5 Å². The topological polar surface area (TPSA) is 85.4 Å². The number of hydrogen-bond donors (Lipinski definition) is 2. The molecule has 0 saturated carbocycles. The highest BCUT2D eigenvalue weighted by molar-refractivity contribution is 5.89. The van der Waals surface area contributed by atoms with Crippen LogP contribution in [0.4, 0.5) is 17.3 Å². The Balaban J connectivity index is 1.49. The van der Waals surface area contributed by atoms with E-state index in [9.17, 15) is 4.79 Å². The largest absolute Gasteiger partial charge is 0.493 e. The first-order valence-corrected chi connectivity index (χ1v) is 9.05. The number of benzene rings is 2. The van der Waals surface area contributed by atoms with Gasteiger partial charge in [-0.2, -0.15) is 0 Å². The molecule has 7 nitrogen and oxygen atoms in total. The maximum atomic E-state index is 12.0. The molecule has 3 aromatic rings. The maximum Gasteiger partial charge on any atom is 0.229 e. The van der Waals surface area contributed by atoms with Crippen molar-refractivity contribution in [1.82, 2.24) is 10.2 Å². The van der Waals surface area contributed by atoms with Crippen molar-refractivity contribution in [2.75, 3.05) is 23.8 Å². The summed E-state index contributed by atoms with van der Waals surface area (Å²) < 4.78 is 11.1. The minimum Gasteiger partial charge on any atom is -0.493 e. The third kappa shape index (κ3) is 5.70. The molecule has 0 aliphatic rings. The van der Waals surface area contributed by atoms with Gasteiger partial charge in [-0.25, -0.2) is 0 Å². The fourth-order valence-corrected chi connectivity index (χ4v) is 2.44. The van der Waals surface area contributed by atoms with E-state index in [-0.39, 0.29) is 18.9 Å². The lowest BCUT2D eigenvalue weighted by Crippen LogP contribution is -2.16. The van der Waals surface area contributed by atoms with Crippen LogP contribution in [-0.4, -0.2) is 29.3 Å². The maximum absolute atomic E-state index is 12.0. The standard InChI is InChI=1S/C21H22N4O3/c1-2-27-18-11-7-6-10-17(18)22-19-12-13-20(25-24-19)23-21(26)14-15-28-16-8-4-3-5-9-16/h3-13H,2,14-15H2,1H3,(H,22,24)(H,23,25,26). The van der Waals surface area contributed by atoms with Crippen LogP contribution in [0.2, 0.25) is 0 Å². The van der Waals surface area contributed by atoms with Crippen molar-refractivity contribution in [3.05, 3.63) is 66.7 Å². The molecule has 3 rings (SSSR count). The van der Waals surface area contributed by atoms with Crippen LogP contribution in [0.1, 0.15) is 13.3 Å². The van der Waals surface area contributed by atoms with Gasteiger partial charge < -0.3 is 20.1 Å². The van der Waals surface area contributed by atoms with E-state index in [4.69, 9.17) is 9.47 Å². The number of nitrogens with one attached hydrogen (secondary N) is 2. The molecule has 0 fully saturated rings. The van der Waals surface area contributed by atoms with Gasteiger partial charge >= 0.3 is 0 Å². The monoisotopic (exact) mass is 378 g/mol. The highest BCUT2D eigenvalue weighted by Gasteiger charge is 2.07. The number of rotatable bonds is 9. The third-order valence-corrected chi connectivity index (χ3v) is 3.72. The Hall–Kier alpha value is -3.61. The van der Waals surface area contributed by atoms with Gasteiger partial charge in [0.2, 0.25) is 5.91 Å². The van der Waals surface area contributed by atoms with Crippen molar-refractivity contribution >= 4 is 23.2 Å². The van der Waals surface area contributed by atoms with Gasteiger partial charge in [0.25, 0.3) is 0 Å². The third-order valence-electron chi connectivity index (χ3n) is 3.72. The Morgan fingerprint density at radius 2 is 1.61 bits per heavy atom. The summed E-state index contributed by atoms with van der Waals surface area (Å²) >= 11 is 0. The summed E-state index contributed by atoms with van der Waals surface area (Å²) in [6.07, 6.45) is 0.221. The van der Waals surface area contributed by atoms with E-state index in [1.165, 1.54) is 0 Å². The van der Waals surface area contributed by atoms with E-state index in [1.54, 1.807) is 12.1 Å². The van der Waals surface area contributed by atoms with Gasteiger partial charge in [0.05, 0.1) is 25.3 Å². The van der Waals surface area contributed by atoms with Crippen molar-refractivity contribution in [1.29, 1.82) is 0 Å². The predicted molar refractivity (Wildman–Crippen MR) is 108 cm³/mol. The molecule has 0 atom stereocenters. The van der Waals surface area contributed by atoms with Crippen molar-refractivity contribution in [2.45, 2.75) is 13.3 Å². The Morgan fingerprint density at radius 1 is 0.893 bits per heavy atom. The average molecular weight is 378 g/mol. The molecule has 0 aliphatic heterocycles. The van der Waals surface area contributed by atoms with Crippen LogP contribution in [-0.2, 0) is 4.79 Å². The molecule has 1 aromatic heterocycles. The van der Waals surface area contributed by atoms with E-state index in [1.807, 2.05) is 61.5 Å². The number of anilines is 3. The number of para-hydroxylation sites is 3. The average Bonchev–Trinajstić information content (AvgIpc) is 2.72. The lowest BCUT2D eigenvalue weighted by atomic mass is 10.3. The highest BCUT2D eigenvalue weighted by Crippen LogP contribution is 2.26. The second-order valence-corrected chi connectivity index (χ2v) is 5.82. The van der Waals surface area contributed by atoms with Crippen LogP contribution in [0.5, 0.6) is 11.5 Å². The van der Waals surface area contributed by atoms with Gasteiger partial charge in [0.1, 0.15) is 11.5 Å². The Morgan fingerprint density at radius 3 is 2.36 bits per heavy atom. The van der Waals surface area contributed by atoms with Crippen LogP contribution in [0.25, 0.3) is 0 Å². The van der Waals surface area contributed by atoms with Crippen LogP contribution in [0.15, 0.2) is 66.7 Å². The highest BCUT2D eigenvalue weighted by atomic mass is 16.5. The number of amides is 1. The lowest BCUT2D eigenvalue weighted by Gasteiger charge is -2.11. The molecule has 28 heavy (non-hydrogen) atoms. The van der Waals surface area contributed by atoms with E-state index in [0.29, 0.717) is 18.2 Å². The molecule has 7 heteroatoms. The molecule has 0 bridgehead atoms. The fourth-order valence-electron chi connectivity index (χ4n) is 2.44. The van der Waals surface area contributed by atoms with Gasteiger partial charge in [-0.15, -0.1) is 10.2 Å². The summed E-state index contributed by atoms with van der Waals surface area (Å²) in [5, 5.41) is 14.0. The quantitative estimate of drug-likeness (QED) is 0.585. The smallest absolute Gasteiger partial charge is 0.229 e. The van der Waals surface area contributed by atoms with E-state index in [0.717, 1.165) is 17.2 Å². The zero-order valence-electron chi connectivity index (χ0n) is 15.6. The molecule has 2 aromatic carbocycles. The molecular formula is C21H22N4O3. The van der Waals surface area contributed by atoms with Crippen LogP contribution in [0, 0.1) is 0 Å². The van der Waals surface area contributed by atoms with Gasteiger partial charge in [-0.1, -0.05) is 30.3 Å². The first kappa shape index (κ1) is 19.2. The minimum absolute atomic E-state index is 0.187. The second-order valence-electron chi connectivity index (χ2n) is 5.82. The van der Waals surface area contributed by atoms with E-state index < -0.39 is 0 Å². The Labute approximate surface area is 163 Å². The van der Waals surface area contributed by atoms with Gasteiger partial charge in [0.15, 0.2) is 11.6 Å². The van der Waals surface area contributed by atoms with E-state index >= 15 is 0 Å². The summed E-state index contributed by atoms with van der Waals surface area (Å²) in [5.41, 5.74) is 0.800. The molecule has 0 spiro atoms. The Bertz CT molecular complexity index is 886. The SMILES string of the molecule is CCOc1ccccc1Nc1ccc(NC(=O)CCOc2ccccc2)nn1. The molecule has 0 radical (unpaired) electrons. The number of carbonyl (C=O) groups is 1. The zero-order chi connectivity index (χ0) is 19.6. The molecule has 1 amide bonds. The number of ether oxygens (including phenoxy) is 2. The molecular weight excluding hydrogens is 356 g/mol. The summed E-state index contributed by atoms with van der Waals surface area (Å²) in [4.78, 5) is 12.0. The molecule has 0 aliphatic carbocycles. The number of carbonyl (C=O) groups excluding carboxylic acids is 1. The molecule has 1 heterocycles. The zero-order valence-corrected chi connectivity index (χ0v) is 15.6. The second kappa shape index (κ2) is 9.91. The van der Waals surface area contributed by atoms with Crippen molar-refractivity contribution in [3.63, 3.8) is 0 Å². The van der Waals surface area contributed by atoms with Crippen LogP contribution >= 0.6 is 0 Å². The Kier molecular flexibility index (Phi) is 6.78. The normalized spacial score (nSPS) is 10.2. The van der Waals surface area contributed by atoms with Gasteiger partial charge in [-0.3, -0.25) is 4.79 Å². The summed E-state index contributed by atoms with van der Waals surface area (Å²) in [6, 6.07) is 20.4. The van der Waals surface area contributed by atoms with Crippen LogP contribution < -0.4 is 20.1 Å². The van der Waals surface area contributed by atoms with E-state index in [2.05, 4.69) is 20.8 Å². The van der Waals surface area contributed by atoms with Gasteiger partial charge in [-0.05, 0) is 43.3 Å². The molecule has 144 valence electrons. The van der Waals surface area contributed by atoms with Crippen molar-refractivity contribution in [2.24, 2.45) is 0 Å². The number of nitrogens with zero attached hydrogens (tertiary/aromatic N) is 2. The molecule has 0 saturated heterocycles. The predicted octanol–water partition coefficient (Wildman–Crippen LogP) is 4.03. The van der Waals surface area contributed by atoms with Crippen molar-refractivity contribution < 1.29 is 14.3 Å². The number of hydrogen-bond acceptors (Lipinski definition) is 6. The summed E-state index contributed by atoms with van der Waals surface area (Å²) in [7, 11) is 0. The minimum atomic E-state index is -0.187. The first-order valence-electron chi connectivity index (χ1n) is 9.05. The molecule has 0 unspecified atom stereocenters. The van der Waals surface area contributed by atoms with Crippen LogP contribution in [0.3, 0.4) is 0 Å². The summed E-state index contributed by atoms with van der Waals surface area (Å²) in [5.74, 6) is 2.22. The number of aromatic nitrogens is 2. The lowest BCUT2D eigenvalue weighted by molar-refractivity contribution is -0.116. The first-order chi connectivity index (χ1) is 13.7. The molecule has 2 N–H and O–H groups in total. The summed E-state index contributed by atoms with van der Waals surface area (Å²) in [6.45, 7) is 2.79. The van der Waals surface area contributed by atoms with Gasteiger partial charge in [0, 0.05) is 0 Å². The fraction of sp³-hybridized carbons (Fsp3) is 0.190.